The summed E-state index contributed by atoms with van der Waals surface area (Å²) in [5, 5.41) is 12.7. The predicted octanol–water partition coefficient (Wildman–Crippen LogP) is 2.95. The lowest BCUT2D eigenvalue weighted by molar-refractivity contribution is -0.135. The molecule has 0 fully saturated rings. The molecule has 0 spiro atoms. The third kappa shape index (κ3) is 3.81. The third-order valence-corrected chi connectivity index (χ3v) is 4.92. The molecule has 4 rings (SSSR count). The van der Waals surface area contributed by atoms with Crippen molar-refractivity contribution in [3.8, 4) is 6.07 Å². The van der Waals surface area contributed by atoms with Crippen molar-refractivity contribution in [1.82, 2.24) is 9.88 Å². The van der Waals surface area contributed by atoms with E-state index in [1.54, 1.807) is 36.5 Å². The molecule has 7 nitrogen and oxygen atoms in total. The highest BCUT2D eigenvalue weighted by Crippen LogP contribution is 2.25. The molecule has 0 radical (unpaired) electrons. The molecule has 1 N–H and O–H groups in total. The first-order valence-electron chi connectivity index (χ1n) is 8.95. The largest absolute Gasteiger partial charge is 0.456 e. The van der Waals surface area contributed by atoms with E-state index in [4.69, 9.17) is 16.3 Å². The second-order valence-electron chi connectivity index (χ2n) is 6.70. The summed E-state index contributed by atoms with van der Waals surface area (Å²) in [4.78, 5) is 36.5. The number of nitrogens with zero attached hydrogens (tertiary/aromatic N) is 2. The number of aromatic nitrogens is 1. The molecule has 8 heteroatoms. The lowest BCUT2D eigenvalue weighted by Crippen LogP contribution is -2.31. The molecular weight excluding hydrogens is 406 g/mol. The Bertz CT molecular complexity index is 1270. The Hall–Kier alpha value is -3.89. The zero-order valence-electron chi connectivity index (χ0n) is 15.5. The maximum atomic E-state index is 12.9. The van der Waals surface area contributed by atoms with Crippen LogP contribution in [0.2, 0.25) is 5.02 Å². The van der Waals surface area contributed by atoms with Crippen molar-refractivity contribution in [2.24, 2.45) is 0 Å². The van der Waals surface area contributed by atoms with Gasteiger partial charge in [0.25, 0.3) is 11.7 Å². The molecule has 0 atom stereocenters. The van der Waals surface area contributed by atoms with Gasteiger partial charge in [0.05, 0.1) is 22.9 Å². The van der Waals surface area contributed by atoms with E-state index in [1.165, 1.54) is 0 Å². The first-order valence-corrected chi connectivity index (χ1v) is 9.33. The number of ether oxygens (including phenoxy) is 1. The van der Waals surface area contributed by atoms with Crippen LogP contribution in [-0.2, 0) is 20.9 Å². The van der Waals surface area contributed by atoms with Gasteiger partial charge in [-0.25, -0.2) is 4.79 Å². The average Bonchev–Trinajstić information content (AvgIpc) is 3.31. The highest BCUT2D eigenvalue weighted by Gasteiger charge is 2.24. The number of nitriles is 1. The second-order valence-corrected chi connectivity index (χ2v) is 7.14. The number of amides is 1. The van der Waals surface area contributed by atoms with E-state index >= 15 is 0 Å². The van der Waals surface area contributed by atoms with Crippen molar-refractivity contribution in [3.05, 3.63) is 82.1 Å². The molecule has 1 aliphatic rings. The van der Waals surface area contributed by atoms with Gasteiger partial charge in [-0.05, 0) is 35.9 Å². The predicted molar refractivity (Wildman–Crippen MR) is 109 cm³/mol. The minimum atomic E-state index is -0.882. The number of hydrogen-bond acceptors (Lipinski definition) is 5. The number of hydrogen-bond donors (Lipinski definition) is 1. The van der Waals surface area contributed by atoms with Crippen molar-refractivity contribution in [2.75, 3.05) is 6.61 Å². The van der Waals surface area contributed by atoms with E-state index < -0.39 is 17.7 Å². The molecule has 3 aromatic rings. The van der Waals surface area contributed by atoms with Gasteiger partial charge in [0.1, 0.15) is 6.61 Å². The molecule has 0 saturated heterocycles. The maximum absolute atomic E-state index is 12.9. The molecular formula is C22H14ClN3O4. The van der Waals surface area contributed by atoms with Crippen molar-refractivity contribution < 1.29 is 19.1 Å². The van der Waals surface area contributed by atoms with Crippen LogP contribution in [0, 0.1) is 11.3 Å². The van der Waals surface area contributed by atoms with Crippen molar-refractivity contribution in [3.63, 3.8) is 0 Å². The second kappa shape index (κ2) is 7.85. The fraction of sp³-hybridized carbons (Fsp3) is 0.0909. The van der Waals surface area contributed by atoms with Crippen LogP contribution in [0.4, 0.5) is 0 Å². The summed E-state index contributed by atoms with van der Waals surface area (Å²) in [7, 11) is 0. The van der Waals surface area contributed by atoms with Gasteiger partial charge in [-0.15, -0.1) is 0 Å². The highest BCUT2D eigenvalue weighted by molar-refractivity contribution is 6.45. The summed E-state index contributed by atoms with van der Waals surface area (Å²) in [5.41, 5.74) is 2.42. The minimum absolute atomic E-state index is 0.0885. The van der Waals surface area contributed by atoms with Gasteiger partial charge in [0, 0.05) is 34.7 Å². The smallest absolute Gasteiger partial charge is 0.333 e. The standard InChI is InChI=1S/C22H14ClN3O4/c23-15-4-1-13(2-5-15)10-26-11-18(17-7-14(9-24)3-6-19(17)26)21(28)22(29)25-16-8-20(27)30-12-16/h1-8,11H,10,12H2,(H,25,29). The molecule has 0 aliphatic carbocycles. The molecule has 30 heavy (non-hydrogen) atoms. The summed E-state index contributed by atoms with van der Waals surface area (Å²) in [5.74, 6) is -2.23. The number of carbonyl (C=O) groups is 3. The van der Waals surface area contributed by atoms with E-state index in [0.717, 1.165) is 11.6 Å². The first kappa shape index (κ1) is 19.4. The fourth-order valence-corrected chi connectivity index (χ4v) is 3.36. The van der Waals surface area contributed by atoms with Crippen LogP contribution in [-0.4, -0.2) is 28.8 Å². The summed E-state index contributed by atoms with van der Waals surface area (Å²) in [6.45, 7) is 0.358. The van der Waals surface area contributed by atoms with Gasteiger partial charge in [0.2, 0.25) is 0 Å². The van der Waals surface area contributed by atoms with Crippen LogP contribution in [0.25, 0.3) is 10.9 Å². The van der Waals surface area contributed by atoms with Crippen molar-refractivity contribution in [1.29, 1.82) is 5.26 Å². The number of benzene rings is 2. The minimum Gasteiger partial charge on any atom is -0.456 e. The van der Waals surface area contributed by atoms with Crippen LogP contribution in [0.15, 0.2) is 60.4 Å². The molecule has 1 aliphatic heterocycles. The van der Waals surface area contributed by atoms with Gasteiger partial charge >= 0.3 is 5.97 Å². The van der Waals surface area contributed by atoms with Crippen LogP contribution >= 0.6 is 11.6 Å². The molecule has 1 aromatic heterocycles. The number of ketones is 1. The SMILES string of the molecule is N#Cc1ccc2c(c1)c(C(=O)C(=O)NC1=CC(=O)OC1)cn2Cc1ccc(Cl)cc1. The number of esters is 1. The van der Waals surface area contributed by atoms with Gasteiger partial charge in [-0.2, -0.15) is 5.26 Å². The molecule has 1 amide bonds. The Kier molecular flexibility index (Phi) is 5.09. The first-order chi connectivity index (χ1) is 14.4. The summed E-state index contributed by atoms with van der Waals surface area (Å²) < 4.78 is 6.56. The zero-order chi connectivity index (χ0) is 21.3. The van der Waals surface area contributed by atoms with Crippen LogP contribution < -0.4 is 5.32 Å². The highest BCUT2D eigenvalue weighted by atomic mass is 35.5. The normalized spacial score (nSPS) is 12.9. The van der Waals surface area contributed by atoms with Crippen molar-refractivity contribution in [2.45, 2.75) is 6.54 Å². The van der Waals surface area contributed by atoms with E-state index in [9.17, 15) is 19.6 Å². The summed E-state index contributed by atoms with van der Waals surface area (Å²) in [6.07, 6.45) is 2.72. The Morgan fingerprint density at radius 2 is 1.97 bits per heavy atom. The number of halogens is 1. The average molecular weight is 420 g/mol. The van der Waals surface area contributed by atoms with Gasteiger partial charge in [0.15, 0.2) is 0 Å². The Morgan fingerprint density at radius 3 is 2.63 bits per heavy atom. The lowest BCUT2D eigenvalue weighted by atomic mass is 10.1. The number of rotatable bonds is 5. The molecule has 148 valence electrons. The van der Waals surface area contributed by atoms with E-state index in [0.29, 0.717) is 28.0 Å². The number of Topliss-reactive ketones (excluding diaryl/α,β-unsaturated/α-hetero) is 1. The fourth-order valence-electron chi connectivity index (χ4n) is 3.24. The quantitative estimate of drug-likeness (QED) is 0.389. The monoisotopic (exact) mass is 419 g/mol. The number of fused-ring (bicyclic) bond motifs is 1. The van der Waals surface area contributed by atoms with Gasteiger partial charge in [-0.1, -0.05) is 23.7 Å². The number of carbonyl (C=O) groups excluding carboxylic acids is 3. The van der Waals surface area contributed by atoms with E-state index in [-0.39, 0.29) is 17.9 Å². The Balaban J connectivity index is 1.71. The van der Waals surface area contributed by atoms with Gasteiger partial charge < -0.3 is 14.6 Å². The topological polar surface area (TPSA) is 101 Å². The van der Waals surface area contributed by atoms with E-state index in [1.807, 2.05) is 22.8 Å². The molecule has 2 heterocycles. The van der Waals surface area contributed by atoms with Crippen LogP contribution in [0.1, 0.15) is 21.5 Å². The van der Waals surface area contributed by atoms with E-state index in [2.05, 4.69) is 5.32 Å². The van der Waals surface area contributed by atoms with Crippen LogP contribution in [0.3, 0.4) is 0 Å². The molecule has 2 aromatic carbocycles. The Morgan fingerprint density at radius 1 is 1.20 bits per heavy atom. The molecule has 0 unspecified atom stereocenters. The number of nitrogens with one attached hydrogen (secondary N) is 1. The molecule has 0 saturated carbocycles. The number of cyclic esters (lactones) is 1. The zero-order valence-corrected chi connectivity index (χ0v) is 16.3. The maximum Gasteiger partial charge on any atom is 0.333 e. The molecule has 0 bridgehead atoms. The summed E-state index contributed by atoms with van der Waals surface area (Å²) >= 11 is 5.94. The lowest BCUT2D eigenvalue weighted by Gasteiger charge is -2.06. The third-order valence-electron chi connectivity index (χ3n) is 4.66. The van der Waals surface area contributed by atoms with Gasteiger partial charge in [-0.3, -0.25) is 9.59 Å². The van der Waals surface area contributed by atoms with Crippen LogP contribution in [0.5, 0.6) is 0 Å². The summed E-state index contributed by atoms with van der Waals surface area (Å²) in [6, 6.07) is 14.3. The Labute approximate surface area is 176 Å². The van der Waals surface area contributed by atoms with Crippen molar-refractivity contribution >= 4 is 40.2 Å².